The molecule has 2 heteroatoms. The number of fused-ring (bicyclic) bond motifs is 2. The van der Waals surface area contributed by atoms with Crippen LogP contribution in [0.3, 0.4) is 0 Å². The van der Waals surface area contributed by atoms with Gasteiger partial charge in [-0.2, -0.15) is 0 Å². The Morgan fingerprint density at radius 3 is 1.70 bits per heavy atom. The fraction of sp³-hybridized carbons (Fsp3) is 0.424. The zero-order chi connectivity index (χ0) is 43.7. The minimum atomic E-state index is -0.0767. The van der Waals surface area contributed by atoms with E-state index in [4.69, 9.17) is 4.74 Å². The first-order valence-corrected chi connectivity index (χ1v) is 24.3. The minimum absolute atomic E-state index is 0.0767. The molecule has 0 saturated carbocycles. The number of hydrogen-bond acceptors (Lipinski definition) is 1. The zero-order valence-corrected chi connectivity index (χ0v) is 40.5. The molecule has 5 aromatic rings. The van der Waals surface area contributed by atoms with E-state index in [9.17, 15) is 0 Å². The van der Waals surface area contributed by atoms with Crippen LogP contribution < -0.4 is 5.19 Å². The molecule has 2 aliphatic rings. The van der Waals surface area contributed by atoms with Gasteiger partial charge in [-0.3, -0.25) is 0 Å². The molecule has 3 atom stereocenters. The van der Waals surface area contributed by atoms with Gasteiger partial charge in [-0.25, -0.2) is 0 Å². The Morgan fingerprint density at radius 2 is 1.13 bits per heavy atom. The van der Waals surface area contributed by atoms with Gasteiger partial charge in [-0.15, -0.1) is 0 Å². The van der Waals surface area contributed by atoms with Crippen molar-refractivity contribution < 1.29 is 4.74 Å². The number of rotatable bonds is 14. The molecule has 0 bridgehead atoms. The highest BCUT2D eigenvalue weighted by molar-refractivity contribution is 6.55. The summed E-state index contributed by atoms with van der Waals surface area (Å²) < 4.78 is 6.09. The monoisotopic (exact) mass is 825 g/mol. The van der Waals surface area contributed by atoms with E-state index in [0.29, 0.717) is 32.8 Å². The van der Waals surface area contributed by atoms with Gasteiger partial charge in [0.25, 0.3) is 0 Å². The van der Waals surface area contributed by atoms with Gasteiger partial charge in [0.2, 0.25) is 0 Å². The van der Waals surface area contributed by atoms with Gasteiger partial charge in [-0.1, -0.05) is 206 Å². The normalized spacial score (nSPS) is 17.2. The molecule has 7 rings (SSSR count). The minimum Gasteiger partial charge on any atom is -0.376 e. The molecule has 5 aromatic carbocycles. The van der Waals surface area contributed by atoms with Crippen molar-refractivity contribution >= 4 is 26.4 Å². The second-order valence-corrected chi connectivity index (χ2v) is 22.8. The van der Waals surface area contributed by atoms with Crippen LogP contribution in [0.25, 0.3) is 33.9 Å². The topological polar surface area (TPSA) is 9.23 Å². The summed E-state index contributed by atoms with van der Waals surface area (Å²) in [5, 5.41) is 1.45. The predicted molar refractivity (Wildman–Crippen MR) is 266 cm³/mol. The maximum atomic E-state index is 6.09. The van der Waals surface area contributed by atoms with Crippen LogP contribution in [0.1, 0.15) is 160 Å². The summed E-state index contributed by atoms with van der Waals surface area (Å²) in [4.78, 5) is 0. The quantitative estimate of drug-likeness (QED) is 0.0801. The lowest BCUT2D eigenvalue weighted by Gasteiger charge is -2.35. The van der Waals surface area contributed by atoms with Crippen LogP contribution >= 0.6 is 0 Å². The van der Waals surface area contributed by atoms with E-state index in [2.05, 4.69) is 204 Å². The Morgan fingerprint density at radius 1 is 0.574 bits per heavy atom. The number of unbranched alkanes of at least 4 members (excludes halogenated alkanes) is 3. The summed E-state index contributed by atoms with van der Waals surface area (Å²) in [5.41, 5.74) is 19.4. The maximum Gasteiger partial charge on any atom is 0.0861 e. The lowest BCUT2D eigenvalue weighted by molar-refractivity contribution is -0.00473. The summed E-state index contributed by atoms with van der Waals surface area (Å²) in [6, 6.07) is 44.7. The maximum absolute atomic E-state index is 6.09. The molecule has 0 spiro atoms. The molecule has 0 heterocycles. The largest absolute Gasteiger partial charge is 0.376 e. The Labute approximate surface area is 373 Å². The summed E-state index contributed by atoms with van der Waals surface area (Å²) in [5.74, 6) is 1.05. The molecule has 61 heavy (non-hydrogen) atoms. The van der Waals surface area contributed by atoms with E-state index in [1.807, 2.05) is 0 Å². The van der Waals surface area contributed by atoms with Crippen LogP contribution in [0, 0.1) is 5.92 Å². The van der Waals surface area contributed by atoms with Crippen LogP contribution in [0.2, 0.25) is 5.54 Å². The number of benzene rings is 5. The fourth-order valence-electron chi connectivity index (χ4n) is 9.96. The molecule has 0 aliphatic heterocycles. The lowest BCUT2D eigenvalue weighted by atomic mass is 9.78. The first kappa shape index (κ1) is 44.8. The molecule has 2 aliphatic carbocycles. The molecular weight excluding hydrogens is 753 g/mol. The van der Waals surface area contributed by atoms with Gasteiger partial charge < -0.3 is 4.74 Å². The second-order valence-electron chi connectivity index (χ2n) is 21.3. The van der Waals surface area contributed by atoms with Crippen molar-refractivity contribution in [1.82, 2.24) is 0 Å². The first-order chi connectivity index (χ1) is 28.9. The second kappa shape index (κ2) is 18.2. The van der Waals surface area contributed by atoms with Crippen LogP contribution in [-0.2, 0) is 15.6 Å². The van der Waals surface area contributed by atoms with Gasteiger partial charge in [-0.05, 0) is 130 Å². The smallest absolute Gasteiger partial charge is 0.0861 e. The average molecular weight is 825 g/mol. The van der Waals surface area contributed by atoms with Crippen molar-refractivity contribution in [2.45, 2.75) is 149 Å². The molecule has 0 N–H and O–H groups in total. The Kier molecular flexibility index (Phi) is 13.4. The van der Waals surface area contributed by atoms with Gasteiger partial charge in [0.15, 0.2) is 0 Å². The van der Waals surface area contributed by atoms with Gasteiger partial charge in [0.05, 0.1) is 15.1 Å². The standard InChI is InChI=1S/C59H72OSi/c1-39(2)51-38-52-47(41-29-33-43(34-30-41)57(4,5)6)25-20-27-49(52)55(51)56(61-45-22-16-15-17-23-45)53-40(3)46(24-18-13-14-19-37-60-59(10,11)12)54-48(26-21-28-50(53)54)42-31-35-44(36-32-42)58(7,8)9/h15-17,20-23,25-36,38-39,53,55-56H,13-14,18-19,24,37H2,1-12H3. The number of ether oxygens (including phenoxy) is 1. The van der Waals surface area contributed by atoms with Crippen LogP contribution in [0.15, 0.2) is 126 Å². The lowest BCUT2D eigenvalue weighted by Crippen LogP contribution is -2.29. The summed E-state index contributed by atoms with van der Waals surface area (Å²) in [7, 11) is 0.660. The summed E-state index contributed by atoms with van der Waals surface area (Å²) in [6.45, 7) is 28.5. The van der Waals surface area contributed by atoms with E-state index in [1.165, 1.54) is 80.1 Å². The first-order valence-electron chi connectivity index (χ1n) is 23.3. The summed E-state index contributed by atoms with van der Waals surface area (Å²) in [6.07, 6.45) is 8.45. The van der Waals surface area contributed by atoms with Crippen LogP contribution in [0.4, 0.5) is 0 Å². The Balaban J connectivity index is 1.34. The van der Waals surface area contributed by atoms with Gasteiger partial charge in [0.1, 0.15) is 0 Å². The predicted octanol–water partition coefficient (Wildman–Crippen LogP) is 15.9. The highest BCUT2D eigenvalue weighted by Gasteiger charge is 2.44. The third-order valence-electron chi connectivity index (χ3n) is 13.3. The van der Waals surface area contributed by atoms with Gasteiger partial charge >= 0.3 is 0 Å². The van der Waals surface area contributed by atoms with E-state index in [1.54, 1.807) is 16.7 Å². The van der Waals surface area contributed by atoms with E-state index in [0.717, 1.165) is 19.4 Å². The van der Waals surface area contributed by atoms with Gasteiger partial charge in [0, 0.05) is 18.4 Å². The average Bonchev–Trinajstić information content (AvgIpc) is 3.74. The zero-order valence-electron chi connectivity index (χ0n) is 39.5. The van der Waals surface area contributed by atoms with E-state index < -0.39 is 0 Å². The van der Waals surface area contributed by atoms with Crippen LogP contribution in [-0.4, -0.2) is 21.7 Å². The molecule has 1 nitrogen and oxygen atoms in total. The molecule has 3 unspecified atom stereocenters. The van der Waals surface area contributed by atoms with E-state index in [-0.39, 0.29) is 16.4 Å². The highest BCUT2D eigenvalue weighted by atomic mass is 28.2. The molecule has 2 radical (unpaired) electrons. The van der Waals surface area contributed by atoms with Crippen molar-refractivity contribution in [3.63, 3.8) is 0 Å². The molecule has 0 aromatic heterocycles. The third-order valence-corrected chi connectivity index (χ3v) is 15.0. The number of allylic oxidation sites excluding steroid dienone is 3. The highest BCUT2D eigenvalue weighted by Crippen LogP contribution is 2.59. The Hall–Kier alpha value is -4.24. The third kappa shape index (κ3) is 10.0. The van der Waals surface area contributed by atoms with Crippen molar-refractivity contribution in [2.24, 2.45) is 5.92 Å². The molecule has 318 valence electrons. The summed E-state index contributed by atoms with van der Waals surface area (Å²) >= 11 is 0. The Bertz CT molecular complexity index is 2340. The fourth-order valence-corrected chi connectivity index (χ4v) is 11.9. The van der Waals surface area contributed by atoms with Crippen molar-refractivity contribution in [2.75, 3.05) is 6.61 Å². The van der Waals surface area contributed by atoms with Crippen LogP contribution in [0.5, 0.6) is 0 Å². The van der Waals surface area contributed by atoms with Crippen molar-refractivity contribution in [1.29, 1.82) is 0 Å². The van der Waals surface area contributed by atoms with E-state index >= 15 is 0 Å². The molecule has 0 fully saturated rings. The molecule has 0 amide bonds. The van der Waals surface area contributed by atoms with Crippen molar-refractivity contribution in [3.05, 3.63) is 160 Å². The SMILES string of the molecule is CC1=C(CCCCCCOC(C)(C)C)c2c(-c3ccc(C(C)(C)C)cc3)cccc2C1C([Si]c1ccccc1)C1C(C(C)C)=Cc2c(-c3ccc(C(C)(C)C)cc3)cccc21. The molecule has 0 saturated heterocycles. The molecular formula is C59H72OSi. The number of hydrogen-bond donors (Lipinski definition) is 0. The van der Waals surface area contributed by atoms with Crippen molar-refractivity contribution in [3.8, 4) is 22.3 Å².